The highest BCUT2D eigenvalue weighted by Gasteiger charge is 1.98. The van der Waals surface area contributed by atoms with E-state index in [4.69, 9.17) is 20.5 Å². The lowest BCUT2D eigenvalue weighted by molar-refractivity contribution is 0.296. The molecule has 0 aliphatic carbocycles. The molecule has 0 saturated heterocycles. The second kappa shape index (κ2) is 15.9. The van der Waals surface area contributed by atoms with Crippen molar-refractivity contribution in [1.82, 2.24) is 0 Å². The minimum atomic E-state index is 0.578. The Labute approximate surface area is 154 Å². The Bertz CT molecular complexity index is 515. The summed E-state index contributed by atoms with van der Waals surface area (Å²) in [6, 6.07) is 7.71. The van der Waals surface area contributed by atoms with Crippen LogP contribution in [0.15, 0.2) is 34.5 Å². The number of hydrogen-bond donors (Lipinski definition) is 0. The smallest absolute Gasteiger partial charge is 0.119 e. The fourth-order valence-corrected chi connectivity index (χ4v) is 2.38. The first-order valence-corrected chi connectivity index (χ1v) is 9.24. The van der Waals surface area contributed by atoms with E-state index < -0.39 is 0 Å². The van der Waals surface area contributed by atoms with Crippen molar-refractivity contribution in [2.45, 2.75) is 51.4 Å². The molecule has 1 aromatic carbocycles. The Balaban J connectivity index is 2.02. The van der Waals surface area contributed by atoms with Gasteiger partial charge in [0.2, 0.25) is 0 Å². The minimum Gasteiger partial charge on any atom is -0.494 e. The van der Waals surface area contributed by atoms with Crippen molar-refractivity contribution in [3.05, 3.63) is 45.2 Å². The molecular formula is C18H28N6O2. The number of nitrogens with zero attached hydrogens (tertiary/aromatic N) is 6. The summed E-state index contributed by atoms with van der Waals surface area (Å²) in [7, 11) is 0. The molecule has 0 amide bonds. The van der Waals surface area contributed by atoms with Crippen LogP contribution in [0.5, 0.6) is 11.5 Å². The van der Waals surface area contributed by atoms with Gasteiger partial charge in [-0.05, 0) is 61.0 Å². The lowest BCUT2D eigenvalue weighted by Gasteiger charge is -2.09. The maximum absolute atomic E-state index is 8.18. The maximum Gasteiger partial charge on any atom is 0.119 e. The third kappa shape index (κ3) is 11.9. The molecule has 8 nitrogen and oxygen atoms in total. The molecule has 0 aliphatic heterocycles. The molecule has 0 fully saturated rings. The Kier molecular flexibility index (Phi) is 13.2. The van der Waals surface area contributed by atoms with Gasteiger partial charge in [0.1, 0.15) is 11.5 Å². The van der Waals surface area contributed by atoms with Crippen molar-refractivity contribution in [3.8, 4) is 11.5 Å². The summed E-state index contributed by atoms with van der Waals surface area (Å²) in [4.78, 5) is 5.47. The second-order valence-electron chi connectivity index (χ2n) is 5.91. The van der Waals surface area contributed by atoms with E-state index >= 15 is 0 Å². The molecule has 1 aromatic rings. The first-order valence-electron chi connectivity index (χ1n) is 9.24. The molecule has 8 heteroatoms. The SMILES string of the molecule is [N-]=[N+]=NCCCCCCOc1ccc(OCCCCCCN=[N+]=[N-])cc1. The molecule has 0 N–H and O–H groups in total. The molecule has 0 atom stereocenters. The lowest BCUT2D eigenvalue weighted by Crippen LogP contribution is -1.99. The lowest BCUT2D eigenvalue weighted by atomic mass is 10.2. The highest BCUT2D eigenvalue weighted by molar-refractivity contribution is 5.31. The van der Waals surface area contributed by atoms with Crippen molar-refractivity contribution in [3.63, 3.8) is 0 Å². The van der Waals surface area contributed by atoms with Crippen LogP contribution < -0.4 is 9.47 Å². The van der Waals surface area contributed by atoms with Crippen LogP contribution in [0.1, 0.15) is 51.4 Å². The van der Waals surface area contributed by atoms with Gasteiger partial charge in [-0.2, -0.15) is 0 Å². The number of unbranched alkanes of at least 4 members (excludes halogenated alkanes) is 6. The molecule has 0 saturated carbocycles. The van der Waals surface area contributed by atoms with Crippen LogP contribution in [-0.2, 0) is 0 Å². The van der Waals surface area contributed by atoms with Crippen LogP contribution in [0, 0.1) is 0 Å². The standard InChI is InChI=1S/C18H28N6O2/c19-23-21-13-5-1-3-7-15-25-17-9-11-18(12-10-17)26-16-8-4-2-6-14-22-24-20/h9-12H,1-8,13-16H2. The molecule has 0 heterocycles. The number of benzene rings is 1. The zero-order chi connectivity index (χ0) is 18.7. The van der Waals surface area contributed by atoms with Crippen molar-refractivity contribution in [2.75, 3.05) is 26.3 Å². The van der Waals surface area contributed by atoms with Crippen molar-refractivity contribution in [1.29, 1.82) is 0 Å². The molecule has 142 valence electrons. The van der Waals surface area contributed by atoms with Gasteiger partial charge in [0.15, 0.2) is 0 Å². The average Bonchev–Trinajstić information content (AvgIpc) is 2.67. The van der Waals surface area contributed by atoms with Gasteiger partial charge in [-0.25, -0.2) is 0 Å². The van der Waals surface area contributed by atoms with Gasteiger partial charge in [0, 0.05) is 22.9 Å². The summed E-state index contributed by atoms with van der Waals surface area (Å²) < 4.78 is 11.4. The Morgan fingerprint density at radius 2 is 1.00 bits per heavy atom. The van der Waals surface area contributed by atoms with E-state index in [2.05, 4.69) is 20.1 Å². The monoisotopic (exact) mass is 360 g/mol. The van der Waals surface area contributed by atoms with Crippen LogP contribution >= 0.6 is 0 Å². The first-order chi connectivity index (χ1) is 12.9. The van der Waals surface area contributed by atoms with Gasteiger partial charge in [-0.1, -0.05) is 35.9 Å². The van der Waals surface area contributed by atoms with Gasteiger partial charge < -0.3 is 9.47 Å². The largest absolute Gasteiger partial charge is 0.494 e. The van der Waals surface area contributed by atoms with Crippen LogP contribution in [0.2, 0.25) is 0 Å². The summed E-state index contributed by atoms with van der Waals surface area (Å²) in [6.45, 7) is 2.54. The van der Waals surface area contributed by atoms with E-state index in [1.807, 2.05) is 24.3 Å². The predicted octanol–water partition coefficient (Wildman–Crippen LogP) is 6.19. The van der Waals surface area contributed by atoms with Gasteiger partial charge in [-0.3, -0.25) is 0 Å². The van der Waals surface area contributed by atoms with Gasteiger partial charge in [0.25, 0.3) is 0 Å². The first kappa shape index (κ1) is 21.5. The molecular weight excluding hydrogens is 332 g/mol. The van der Waals surface area contributed by atoms with Crippen LogP contribution in [0.4, 0.5) is 0 Å². The van der Waals surface area contributed by atoms with E-state index in [0.717, 1.165) is 62.9 Å². The third-order valence-electron chi connectivity index (χ3n) is 3.79. The van der Waals surface area contributed by atoms with Crippen LogP contribution in [0.3, 0.4) is 0 Å². The van der Waals surface area contributed by atoms with Crippen molar-refractivity contribution in [2.24, 2.45) is 10.2 Å². The van der Waals surface area contributed by atoms with E-state index in [1.165, 1.54) is 0 Å². The zero-order valence-corrected chi connectivity index (χ0v) is 15.3. The van der Waals surface area contributed by atoms with E-state index in [-0.39, 0.29) is 0 Å². The summed E-state index contributed by atoms with van der Waals surface area (Å²) >= 11 is 0. The van der Waals surface area contributed by atoms with Gasteiger partial charge >= 0.3 is 0 Å². The molecule has 0 spiro atoms. The van der Waals surface area contributed by atoms with Crippen molar-refractivity contribution >= 4 is 0 Å². The number of azide groups is 2. The topological polar surface area (TPSA) is 116 Å². The van der Waals surface area contributed by atoms with E-state index in [9.17, 15) is 0 Å². The van der Waals surface area contributed by atoms with Crippen molar-refractivity contribution < 1.29 is 9.47 Å². The Morgan fingerprint density at radius 3 is 1.38 bits per heavy atom. The van der Waals surface area contributed by atoms with E-state index in [1.54, 1.807) is 0 Å². The van der Waals surface area contributed by atoms with E-state index in [0.29, 0.717) is 26.3 Å². The summed E-state index contributed by atoms with van der Waals surface area (Å²) in [5.74, 6) is 1.70. The molecule has 0 bridgehead atoms. The molecule has 0 unspecified atom stereocenters. The highest BCUT2D eigenvalue weighted by atomic mass is 16.5. The molecule has 1 rings (SSSR count). The molecule has 0 aromatic heterocycles. The normalized spacial score (nSPS) is 9.85. The fourth-order valence-electron chi connectivity index (χ4n) is 2.38. The summed E-state index contributed by atoms with van der Waals surface area (Å²) in [5, 5.41) is 7.03. The van der Waals surface area contributed by atoms with Crippen LogP contribution in [-0.4, -0.2) is 26.3 Å². The summed E-state index contributed by atoms with van der Waals surface area (Å²) in [6.07, 6.45) is 8.12. The van der Waals surface area contributed by atoms with Gasteiger partial charge in [-0.15, -0.1) is 0 Å². The Morgan fingerprint density at radius 1 is 0.615 bits per heavy atom. The maximum atomic E-state index is 8.18. The quantitative estimate of drug-likeness (QED) is 0.151. The number of hydrogen-bond acceptors (Lipinski definition) is 4. The predicted molar refractivity (Wildman–Crippen MR) is 102 cm³/mol. The molecule has 0 radical (unpaired) electrons. The number of ether oxygens (including phenoxy) is 2. The highest BCUT2D eigenvalue weighted by Crippen LogP contribution is 2.18. The molecule has 0 aliphatic rings. The summed E-state index contributed by atoms with van der Waals surface area (Å²) in [5.41, 5.74) is 16.4. The van der Waals surface area contributed by atoms with Crippen LogP contribution in [0.25, 0.3) is 20.9 Å². The fraction of sp³-hybridized carbons (Fsp3) is 0.667. The minimum absolute atomic E-state index is 0.578. The number of rotatable bonds is 16. The average molecular weight is 360 g/mol. The second-order valence-corrected chi connectivity index (χ2v) is 5.91. The Hall–Kier alpha value is -2.56. The zero-order valence-electron chi connectivity index (χ0n) is 15.3. The van der Waals surface area contributed by atoms with Gasteiger partial charge in [0.05, 0.1) is 13.2 Å². The molecule has 26 heavy (non-hydrogen) atoms. The third-order valence-corrected chi connectivity index (χ3v) is 3.79.